The van der Waals surface area contributed by atoms with Crippen molar-refractivity contribution in [3.8, 4) is 16.5 Å². The minimum Gasteiger partial charge on any atom is -0.450 e. The lowest BCUT2D eigenvalue weighted by atomic mass is 10.1. The minimum atomic E-state index is -0.537. The van der Waals surface area contributed by atoms with Crippen LogP contribution in [0.2, 0.25) is 0 Å². The highest BCUT2D eigenvalue weighted by Crippen LogP contribution is 2.39. The molecule has 0 aliphatic rings. The zero-order valence-corrected chi connectivity index (χ0v) is 12.1. The molecule has 2 rings (SSSR count). The van der Waals surface area contributed by atoms with Crippen LogP contribution in [0.25, 0.3) is 10.4 Å². The second-order valence-electron chi connectivity index (χ2n) is 4.08. The third kappa shape index (κ3) is 2.81. The number of benzene rings is 1. The number of ether oxygens (including phenoxy) is 1. The van der Waals surface area contributed by atoms with Gasteiger partial charge in [-0.1, -0.05) is 30.3 Å². The average Bonchev–Trinajstić information content (AvgIpc) is 2.76. The van der Waals surface area contributed by atoms with Gasteiger partial charge < -0.3 is 4.74 Å². The molecular weight excluding hydrogens is 272 g/mol. The predicted octanol–water partition coefficient (Wildman–Crippen LogP) is 4.16. The van der Waals surface area contributed by atoms with Gasteiger partial charge in [0.05, 0.1) is 12.2 Å². The van der Waals surface area contributed by atoms with Gasteiger partial charge in [0.1, 0.15) is 11.1 Å². The molecule has 0 bridgehead atoms. The van der Waals surface area contributed by atoms with Crippen molar-refractivity contribution in [1.82, 2.24) is 0 Å². The van der Waals surface area contributed by atoms with Gasteiger partial charge in [0, 0.05) is 4.88 Å². The molecule has 5 heteroatoms. The van der Waals surface area contributed by atoms with E-state index in [9.17, 15) is 10.1 Å². The molecule has 1 aromatic heterocycles. The zero-order valence-electron chi connectivity index (χ0n) is 11.3. The Balaban J connectivity index is 2.40. The summed E-state index contributed by atoms with van der Waals surface area (Å²) >= 11 is 1.38. The standard InChI is InChI=1S/C15H14N2O2S/c1-3-19-15(18)17-14-12(9-16)10(2)13(20-14)11-7-5-4-6-8-11/h4-8H,3H2,1-2H3,(H,17,18). The van der Waals surface area contributed by atoms with E-state index in [-0.39, 0.29) is 0 Å². The number of carbonyl (C=O) groups excluding carboxylic acids is 1. The number of carbonyl (C=O) groups is 1. The van der Waals surface area contributed by atoms with Gasteiger partial charge in [0.2, 0.25) is 0 Å². The van der Waals surface area contributed by atoms with Crippen LogP contribution in [0.5, 0.6) is 0 Å². The molecule has 0 radical (unpaired) electrons. The van der Waals surface area contributed by atoms with Crippen molar-refractivity contribution >= 4 is 22.4 Å². The van der Waals surface area contributed by atoms with Gasteiger partial charge in [-0.2, -0.15) is 5.26 Å². The molecular formula is C15H14N2O2S. The van der Waals surface area contributed by atoms with E-state index in [1.165, 1.54) is 11.3 Å². The number of thiophene rings is 1. The molecule has 1 N–H and O–H groups in total. The first-order valence-corrected chi connectivity index (χ1v) is 7.01. The molecule has 0 fully saturated rings. The molecule has 4 nitrogen and oxygen atoms in total. The topological polar surface area (TPSA) is 62.1 Å². The highest BCUT2D eigenvalue weighted by Gasteiger charge is 2.18. The fraction of sp³-hybridized carbons (Fsp3) is 0.200. The summed E-state index contributed by atoms with van der Waals surface area (Å²) in [6, 6.07) is 11.9. The van der Waals surface area contributed by atoms with Crippen LogP contribution in [0, 0.1) is 18.3 Å². The van der Waals surface area contributed by atoms with Crippen LogP contribution in [0.3, 0.4) is 0 Å². The van der Waals surface area contributed by atoms with Crippen LogP contribution in [-0.2, 0) is 4.74 Å². The third-order valence-corrected chi connectivity index (χ3v) is 4.04. The first-order valence-electron chi connectivity index (χ1n) is 6.20. The Bertz CT molecular complexity index is 657. The molecule has 20 heavy (non-hydrogen) atoms. The van der Waals surface area contributed by atoms with E-state index in [2.05, 4.69) is 11.4 Å². The predicted molar refractivity (Wildman–Crippen MR) is 79.9 cm³/mol. The average molecular weight is 286 g/mol. The van der Waals surface area contributed by atoms with Crippen molar-refractivity contribution in [2.75, 3.05) is 11.9 Å². The van der Waals surface area contributed by atoms with Gasteiger partial charge in [-0.15, -0.1) is 11.3 Å². The molecule has 0 saturated heterocycles. The summed E-state index contributed by atoms with van der Waals surface area (Å²) in [5.41, 5.74) is 2.39. The Morgan fingerprint density at radius 2 is 2.10 bits per heavy atom. The monoisotopic (exact) mass is 286 g/mol. The molecule has 0 aliphatic carbocycles. The largest absolute Gasteiger partial charge is 0.450 e. The Hall–Kier alpha value is -2.32. The summed E-state index contributed by atoms with van der Waals surface area (Å²) < 4.78 is 4.85. The minimum absolute atomic E-state index is 0.295. The maximum absolute atomic E-state index is 11.5. The first-order chi connectivity index (χ1) is 9.67. The van der Waals surface area contributed by atoms with E-state index in [4.69, 9.17) is 4.74 Å². The molecule has 0 atom stereocenters. The lowest BCUT2D eigenvalue weighted by Gasteiger charge is -2.02. The van der Waals surface area contributed by atoms with Crippen LogP contribution in [0.4, 0.5) is 9.80 Å². The van der Waals surface area contributed by atoms with E-state index in [0.717, 1.165) is 16.0 Å². The molecule has 1 aromatic carbocycles. The van der Waals surface area contributed by atoms with E-state index < -0.39 is 6.09 Å². The van der Waals surface area contributed by atoms with Crippen molar-refractivity contribution < 1.29 is 9.53 Å². The number of nitrogens with zero attached hydrogens (tertiary/aromatic N) is 1. The normalized spacial score (nSPS) is 9.85. The molecule has 0 saturated carbocycles. The smallest absolute Gasteiger partial charge is 0.412 e. The SMILES string of the molecule is CCOC(=O)Nc1sc(-c2ccccc2)c(C)c1C#N. The van der Waals surface area contributed by atoms with Gasteiger partial charge in [0.25, 0.3) is 0 Å². The number of amides is 1. The van der Waals surface area contributed by atoms with E-state index in [1.807, 2.05) is 37.3 Å². The van der Waals surface area contributed by atoms with Gasteiger partial charge in [-0.25, -0.2) is 4.79 Å². The van der Waals surface area contributed by atoms with Crippen LogP contribution in [0.1, 0.15) is 18.1 Å². The Morgan fingerprint density at radius 1 is 1.40 bits per heavy atom. The maximum atomic E-state index is 11.5. The van der Waals surface area contributed by atoms with Crippen LogP contribution in [-0.4, -0.2) is 12.7 Å². The van der Waals surface area contributed by atoms with E-state index in [0.29, 0.717) is 17.2 Å². The lowest BCUT2D eigenvalue weighted by Crippen LogP contribution is -2.13. The van der Waals surface area contributed by atoms with E-state index >= 15 is 0 Å². The number of nitriles is 1. The van der Waals surface area contributed by atoms with Gasteiger partial charge in [0.15, 0.2) is 0 Å². The Labute approximate surface area is 121 Å². The third-order valence-electron chi connectivity index (χ3n) is 2.79. The fourth-order valence-corrected chi connectivity index (χ4v) is 3.01. The van der Waals surface area contributed by atoms with Crippen molar-refractivity contribution in [3.63, 3.8) is 0 Å². The quantitative estimate of drug-likeness (QED) is 0.921. The number of nitrogens with one attached hydrogen (secondary N) is 1. The summed E-state index contributed by atoms with van der Waals surface area (Å²) in [7, 11) is 0. The zero-order chi connectivity index (χ0) is 14.5. The van der Waals surface area contributed by atoms with Crippen molar-refractivity contribution in [2.45, 2.75) is 13.8 Å². The Morgan fingerprint density at radius 3 is 2.70 bits per heavy atom. The number of rotatable bonds is 3. The molecule has 0 spiro atoms. The molecule has 1 amide bonds. The van der Waals surface area contributed by atoms with Crippen molar-refractivity contribution in [3.05, 3.63) is 41.5 Å². The Kier molecular flexibility index (Phi) is 4.38. The summed E-state index contributed by atoms with van der Waals surface area (Å²) in [4.78, 5) is 12.5. The molecule has 2 aromatic rings. The van der Waals surface area contributed by atoms with Crippen LogP contribution in [0.15, 0.2) is 30.3 Å². The fourth-order valence-electron chi connectivity index (χ4n) is 1.86. The highest BCUT2D eigenvalue weighted by molar-refractivity contribution is 7.20. The number of anilines is 1. The number of hydrogen-bond donors (Lipinski definition) is 1. The number of hydrogen-bond acceptors (Lipinski definition) is 4. The summed E-state index contributed by atoms with van der Waals surface area (Å²) in [5, 5.41) is 12.4. The van der Waals surface area contributed by atoms with E-state index in [1.54, 1.807) is 6.92 Å². The molecule has 102 valence electrons. The second-order valence-corrected chi connectivity index (χ2v) is 5.10. The summed E-state index contributed by atoms with van der Waals surface area (Å²) in [6.07, 6.45) is -0.537. The lowest BCUT2D eigenvalue weighted by molar-refractivity contribution is 0.168. The van der Waals surface area contributed by atoms with Gasteiger partial charge in [-0.3, -0.25) is 5.32 Å². The van der Waals surface area contributed by atoms with Crippen molar-refractivity contribution in [2.24, 2.45) is 0 Å². The van der Waals surface area contributed by atoms with Crippen LogP contribution >= 0.6 is 11.3 Å². The molecule has 1 heterocycles. The molecule has 0 unspecified atom stereocenters. The van der Waals surface area contributed by atoms with Gasteiger partial charge >= 0.3 is 6.09 Å². The molecule has 0 aliphatic heterocycles. The van der Waals surface area contributed by atoms with Gasteiger partial charge in [-0.05, 0) is 25.0 Å². The first kappa shape index (κ1) is 14.1. The second kappa shape index (κ2) is 6.22. The summed E-state index contributed by atoms with van der Waals surface area (Å²) in [5.74, 6) is 0. The van der Waals surface area contributed by atoms with Crippen molar-refractivity contribution in [1.29, 1.82) is 5.26 Å². The summed E-state index contributed by atoms with van der Waals surface area (Å²) in [6.45, 7) is 3.91. The highest BCUT2D eigenvalue weighted by atomic mass is 32.1. The van der Waals surface area contributed by atoms with Crippen LogP contribution < -0.4 is 5.32 Å². The maximum Gasteiger partial charge on any atom is 0.412 e.